The van der Waals surface area contributed by atoms with Crippen LogP contribution in [-0.4, -0.2) is 13.7 Å². The van der Waals surface area contributed by atoms with Crippen LogP contribution in [0.4, 0.5) is 0 Å². The summed E-state index contributed by atoms with van der Waals surface area (Å²) in [6, 6.07) is 0. The quantitative estimate of drug-likeness (QED) is 0.618. The van der Waals surface area contributed by atoms with Gasteiger partial charge >= 0.3 is 0 Å². The Bertz CT molecular complexity index is 307. The van der Waals surface area contributed by atoms with E-state index in [1.807, 2.05) is 0 Å². The molecule has 0 amide bonds. The summed E-state index contributed by atoms with van der Waals surface area (Å²) in [4.78, 5) is 0. The zero-order valence-electron chi connectivity index (χ0n) is 12.2. The van der Waals surface area contributed by atoms with E-state index in [0.717, 1.165) is 6.61 Å². The van der Waals surface area contributed by atoms with Gasteiger partial charge in [0.15, 0.2) is 0 Å². The molecular formula is C16H28O. The molecule has 0 atom stereocenters. The fourth-order valence-corrected chi connectivity index (χ4v) is 2.88. The SMILES string of the molecule is COC/C=C(\C)CCC1=C(C)CCCC1(C)C. The zero-order valence-corrected chi connectivity index (χ0v) is 12.2. The Balaban J connectivity index is 2.61. The second kappa shape index (κ2) is 6.39. The molecule has 0 N–H and O–H groups in total. The molecular weight excluding hydrogens is 208 g/mol. The summed E-state index contributed by atoms with van der Waals surface area (Å²) >= 11 is 0. The number of methoxy groups -OCH3 is 1. The van der Waals surface area contributed by atoms with Crippen molar-refractivity contribution in [1.82, 2.24) is 0 Å². The van der Waals surface area contributed by atoms with E-state index < -0.39 is 0 Å². The molecule has 0 bridgehead atoms. The third-order valence-corrected chi connectivity index (χ3v) is 4.05. The van der Waals surface area contributed by atoms with Crippen LogP contribution in [0.5, 0.6) is 0 Å². The van der Waals surface area contributed by atoms with Crippen molar-refractivity contribution in [1.29, 1.82) is 0 Å². The van der Waals surface area contributed by atoms with Gasteiger partial charge in [0, 0.05) is 7.11 Å². The van der Waals surface area contributed by atoms with Crippen LogP contribution in [0, 0.1) is 5.41 Å². The van der Waals surface area contributed by atoms with Crippen LogP contribution in [0.3, 0.4) is 0 Å². The number of allylic oxidation sites excluding steroid dienone is 3. The lowest BCUT2D eigenvalue weighted by Gasteiger charge is -2.34. The monoisotopic (exact) mass is 236 g/mol. The van der Waals surface area contributed by atoms with Crippen molar-refractivity contribution in [2.24, 2.45) is 5.41 Å². The van der Waals surface area contributed by atoms with Crippen molar-refractivity contribution in [3.8, 4) is 0 Å². The highest BCUT2D eigenvalue weighted by Gasteiger charge is 2.27. The standard InChI is InChI=1S/C16H28O/c1-13(10-12-17-5)8-9-15-14(2)7-6-11-16(15,3)4/h10H,6-9,11-12H2,1-5H3/b13-10+. The Morgan fingerprint density at radius 3 is 2.71 bits per heavy atom. The van der Waals surface area contributed by atoms with Gasteiger partial charge in [0.05, 0.1) is 6.61 Å². The van der Waals surface area contributed by atoms with E-state index in [0.29, 0.717) is 5.41 Å². The molecule has 0 unspecified atom stereocenters. The van der Waals surface area contributed by atoms with Gasteiger partial charge in [0.25, 0.3) is 0 Å². The summed E-state index contributed by atoms with van der Waals surface area (Å²) in [5.41, 5.74) is 5.22. The number of ether oxygens (including phenoxy) is 1. The van der Waals surface area contributed by atoms with E-state index in [9.17, 15) is 0 Å². The molecule has 98 valence electrons. The van der Waals surface area contributed by atoms with Gasteiger partial charge in [-0.25, -0.2) is 0 Å². The molecule has 0 saturated carbocycles. The third kappa shape index (κ3) is 4.31. The van der Waals surface area contributed by atoms with E-state index in [-0.39, 0.29) is 0 Å². The Kier molecular flexibility index (Phi) is 5.45. The topological polar surface area (TPSA) is 9.23 Å². The summed E-state index contributed by atoms with van der Waals surface area (Å²) in [5.74, 6) is 0. The number of hydrogen-bond acceptors (Lipinski definition) is 1. The van der Waals surface area contributed by atoms with Crippen molar-refractivity contribution in [3.05, 3.63) is 22.8 Å². The minimum absolute atomic E-state index is 0.421. The second-order valence-electron chi connectivity index (χ2n) is 6.00. The summed E-state index contributed by atoms with van der Waals surface area (Å²) in [6.45, 7) is 10.1. The fraction of sp³-hybridized carbons (Fsp3) is 0.750. The summed E-state index contributed by atoms with van der Waals surface area (Å²) < 4.78 is 5.08. The molecule has 0 radical (unpaired) electrons. The van der Waals surface area contributed by atoms with Gasteiger partial charge < -0.3 is 4.74 Å². The normalized spacial score (nSPS) is 20.9. The van der Waals surface area contributed by atoms with Crippen LogP contribution in [0.15, 0.2) is 22.8 Å². The molecule has 1 aliphatic rings. The lowest BCUT2D eigenvalue weighted by molar-refractivity contribution is 0.233. The molecule has 0 fully saturated rings. The average Bonchev–Trinajstić information content (AvgIpc) is 2.24. The van der Waals surface area contributed by atoms with Crippen LogP contribution in [-0.2, 0) is 4.74 Å². The first-order chi connectivity index (χ1) is 7.97. The van der Waals surface area contributed by atoms with Gasteiger partial charge in [-0.3, -0.25) is 0 Å². The molecule has 1 nitrogen and oxygen atoms in total. The zero-order chi connectivity index (χ0) is 12.9. The summed E-state index contributed by atoms with van der Waals surface area (Å²) in [5, 5.41) is 0. The van der Waals surface area contributed by atoms with E-state index in [2.05, 4.69) is 33.8 Å². The van der Waals surface area contributed by atoms with Gasteiger partial charge in [-0.05, 0) is 51.4 Å². The number of hydrogen-bond donors (Lipinski definition) is 0. The van der Waals surface area contributed by atoms with Crippen LogP contribution < -0.4 is 0 Å². The van der Waals surface area contributed by atoms with E-state index in [1.165, 1.54) is 37.7 Å². The first-order valence-corrected chi connectivity index (χ1v) is 6.81. The lowest BCUT2D eigenvalue weighted by atomic mass is 9.71. The maximum atomic E-state index is 5.08. The molecule has 0 saturated heterocycles. The van der Waals surface area contributed by atoms with Crippen LogP contribution in [0.1, 0.15) is 59.8 Å². The molecule has 1 rings (SSSR count). The van der Waals surface area contributed by atoms with Gasteiger partial charge in [-0.2, -0.15) is 0 Å². The Hall–Kier alpha value is -0.560. The van der Waals surface area contributed by atoms with E-state index >= 15 is 0 Å². The molecule has 17 heavy (non-hydrogen) atoms. The molecule has 0 heterocycles. The largest absolute Gasteiger partial charge is 0.381 e. The van der Waals surface area contributed by atoms with E-state index in [4.69, 9.17) is 4.74 Å². The maximum absolute atomic E-state index is 5.08. The summed E-state index contributed by atoms with van der Waals surface area (Å²) in [7, 11) is 1.75. The molecule has 0 aromatic heterocycles. The predicted molar refractivity (Wildman–Crippen MR) is 75.2 cm³/mol. The van der Waals surface area contributed by atoms with Crippen molar-refractivity contribution in [3.63, 3.8) is 0 Å². The van der Waals surface area contributed by atoms with Gasteiger partial charge in [-0.15, -0.1) is 0 Å². The smallest absolute Gasteiger partial charge is 0.0646 e. The molecule has 1 heteroatoms. The van der Waals surface area contributed by atoms with Crippen LogP contribution in [0.25, 0.3) is 0 Å². The molecule has 1 aliphatic carbocycles. The molecule has 0 aromatic rings. The van der Waals surface area contributed by atoms with Gasteiger partial charge in [-0.1, -0.05) is 36.6 Å². The Labute approximate surface area is 107 Å². The first-order valence-electron chi connectivity index (χ1n) is 6.81. The highest BCUT2D eigenvalue weighted by atomic mass is 16.5. The number of rotatable bonds is 5. The Morgan fingerprint density at radius 2 is 2.12 bits per heavy atom. The third-order valence-electron chi connectivity index (χ3n) is 4.05. The summed E-state index contributed by atoms with van der Waals surface area (Å²) in [6.07, 6.45) is 8.62. The highest BCUT2D eigenvalue weighted by molar-refractivity contribution is 5.23. The molecule has 0 aromatic carbocycles. The average molecular weight is 236 g/mol. The highest BCUT2D eigenvalue weighted by Crippen LogP contribution is 2.42. The Morgan fingerprint density at radius 1 is 1.41 bits per heavy atom. The minimum atomic E-state index is 0.421. The van der Waals surface area contributed by atoms with Gasteiger partial charge in [0.2, 0.25) is 0 Å². The molecule has 0 aliphatic heterocycles. The minimum Gasteiger partial charge on any atom is -0.381 e. The van der Waals surface area contributed by atoms with Crippen LogP contribution >= 0.6 is 0 Å². The predicted octanol–water partition coefficient (Wildman–Crippen LogP) is 4.89. The fourth-order valence-electron chi connectivity index (χ4n) is 2.88. The molecule has 0 spiro atoms. The van der Waals surface area contributed by atoms with E-state index in [1.54, 1.807) is 18.3 Å². The van der Waals surface area contributed by atoms with Crippen molar-refractivity contribution in [2.45, 2.75) is 59.8 Å². The van der Waals surface area contributed by atoms with Crippen LogP contribution in [0.2, 0.25) is 0 Å². The maximum Gasteiger partial charge on any atom is 0.0646 e. The lowest BCUT2D eigenvalue weighted by Crippen LogP contribution is -2.20. The first kappa shape index (κ1) is 14.5. The van der Waals surface area contributed by atoms with Crippen molar-refractivity contribution in [2.75, 3.05) is 13.7 Å². The van der Waals surface area contributed by atoms with Gasteiger partial charge in [0.1, 0.15) is 0 Å². The van der Waals surface area contributed by atoms with Crippen molar-refractivity contribution >= 4 is 0 Å². The van der Waals surface area contributed by atoms with Crippen molar-refractivity contribution < 1.29 is 4.74 Å². The second-order valence-corrected chi connectivity index (χ2v) is 6.00.